The molecule has 3 aromatic rings. The molecule has 1 N–H and O–H groups in total. The number of anilines is 2. The molecule has 0 radical (unpaired) electrons. The van der Waals surface area contributed by atoms with Gasteiger partial charge in [-0.1, -0.05) is 36.4 Å². The zero-order chi connectivity index (χ0) is 24.6. The second-order valence-electron chi connectivity index (χ2n) is 7.75. The predicted octanol–water partition coefficient (Wildman–Crippen LogP) is 5.21. The van der Waals surface area contributed by atoms with E-state index in [0.717, 1.165) is 9.80 Å². The van der Waals surface area contributed by atoms with Crippen molar-refractivity contribution in [2.75, 3.05) is 16.9 Å². The lowest BCUT2D eigenvalue weighted by Crippen LogP contribution is -2.57. The quantitative estimate of drug-likeness (QED) is 0.266. The molecule has 1 fully saturated rings. The zero-order valence-electron chi connectivity index (χ0n) is 18.7. The summed E-state index contributed by atoms with van der Waals surface area (Å²) >= 11 is 1.94. The number of phenolic OH excluding ortho intramolecular Hbond substituents is 1. The summed E-state index contributed by atoms with van der Waals surface area (Å²) in [6.07, 6.45) is 1.41. The first-order valence-corrected chi connectivity index (χ1v) is 11.4. The second kappa shape index (κ2) is 9.30. The molecule has 4 amide bonds. The summed E-state index contributed by atoms with van der Waals surface area (Å²) < 4.78 is 5.70. The molecular formula is C26H21IN2O5. The van der Waals surface area contributed by atoms with E-state index in [0.29, 0.717) is 31.6 Å². The molecule has 1 aliphatic heterocycles. The van der Waals surface area contributed by atoms with Gasteiger partial charge in [-0.25, -0.2) is 14.6 Å². The topological polar surface area (TPSA) is 87.2 Å². The molecule has 0 spiro atoms. The molecule has 0 aromatic heterocycles. The van der Waals surface area contributed by atoms with E-state index in [-0.39, 0.29) is 17.1 Å². The van der Waals surface area contributed by atoms with E-state index in [1.165, 1.54) is 19.3 Å². The maximum atomic E-state index is 13.6. The predicted molar refractivity (Wildman–Crippen MR) is 138 cm³/mol. The largest absolute Gasteiger partial charge is 0.504 e. The van der Waals surface area contributed by atoms with Gasteiger partial charge in [0.2, 0.25) is 0 Å². The molecule has 34 heavy (non-hydrogen) atoms. The monoisotopic (exact) mass is 568 g/mol. The number of urea groups is 1. The molecule has 0 aliphatic carbocycles. The first kappa shape index (κ1) is 23.5. The summed E-state index contributed by atoms with van der Waals surface area (Å²) in [6, 6.07) is 16.4. The van der Waals surface area contributed by atoms with Gasteiger partial charge in [0.25, 0.3) is 11.8 Å². The number of aromatic hydroxyl groups is 1. The standard InChI is InChI=1S/C26H21IN2O5/c1-15-8-4-6-10-20(15)28-24(31)18(12-17-13-19(27)23(30)22(14-17)34-3)25(32)29(26(28)33)21-11-7-5-9-16(21)2/h4-14,30H,1-3H3. The van der Waals surface area contributed by atoms with E-state index >= 15 is 0 Å². The van der Waals surface area contributed by atoms with Crippen LogP contribution in [-0.2, 0) is 9.59 Å². The van der Waals surface area contributed by atoms with Crippen LogP contribution in [0, 0.1) is 17.4 Å². The number of hydrogen-bond acceptors (Lipinski definition) is 5. The number of imide groups is 2. The van der Waals surface area contributed by atoms with Gasteiger partial charge in [-0.05, 0) is 83.5 Å². The van der Waals surface area contributed by atoms with E-state index in [2.05, 4.69) is 0 Å². The molecule has 1 heterocycles. The number of nitrogens with zero attached hydrogens (tertiary/aromatic N) is 2. The first-order valence-electron chi connectivity index (χ1n) is 10.4. The van der Waals surface area contributed by atoms with E-state index in [4.69, 9.17) is 4.74 Å². The molecular weight excluding hydrogens is 547 g/mol. The van der Waals surface area contributed by atoms with Crippen LogP contribution < -0.4 is 14.5 Å². The fraction of sp³-hybridized carbons (Fsp3) is 0.115. The summed E-state index contributed by atoms with van der Waals surface area (Å²) in [5.74, 6) is -1.28. The van der Waals surface area contributed by atoms with E-state index < -0.39 is 17.8 Å². The third-order valence-corrected chi connectivity index (χ3v) is 6.37. The minimum atomic E-state index is -0.742. The van der Waals surface area contributed by atoms with E-state index in [1.54, 1.807) is 56.3 Å². The number of halogens is 1. The number of aryl methyl sites for hydroxylation is 2. The van der Waals surface area contributed by atoms with Gasteiger partial charge in [-0.3, -0.25) is 9.59 Å². The highest BCUT2D eigenvalue weighted by Crippen LogP contribution is 2.35. The van der Waals surface area contributed by atoms with Crippen LogP contribution in [0.2, 0.25) is 0 Å². The Balaban J connectivity index is 1.93. The fourth-order valence-electron chi connectivity index (χ4n) is 3.78. The first-order chi connectivity index (χ1) is 16.2. The normalized spacial score (nSPS) is 14.0. The lowest BCUT2D eigenvalue weighted by Gasteiger charge is -2.35. The third-order valence-electron chi connectivity index (χ3n) is 5.54. The van der Waals surface area contributed by atoms with Crippen LogP contribution >= 0.6 is 22.6 Å². The van der Waals surface area contributed by atoms with Gasteiger partial charge in [-0.2, -0.15) is 0 Å². The van der Waals surface area contributed by atoms with Gasteiger partial charge in [0.05, 0.1) is 22.1 Å². The number of ether oxygens (including phenoxy) is 1. The number of carbonyl (C=O) groups is 3. The van der Waals surface area contributed by atoms with Gasteiger partial charge in [0, 0.05) is 0 Å². The number of carbonyl (C=O) groups excluding carboxylic acids is 3. The van der Waals surface area contributed by atoms with Crippen molar-refractivity contribution in [2.45, 2.75) is 13.8 Å². The number of amides is 4. The summed E-state index contributed by atoms with van der Waals surface area (Å²) in [6.45, 7) is 3.59. The van der Waals surface area contributed by atoms with Crippen molar-refractivity contribution in [3.05, 3.63) is 86.5 Å². The smallest absolute Gasteiger partial charge is 0.343 e. The van der Waals surface area contributed by atoms with E-state index in [9.17, 15) is 19.5 Å². The number of barbiturate groups is 1. The Hall–Kier alpha value is -3.66. The Morgan fingerprint density at radius 2 is 1.35 bits per heavy atom. The van der Waals surface area contributed by atoms with Crippen molar-refractivity contribution in [2.24, 2.45) is 0 Å². The Labute approximate surface area is 210 Å². The van der Waals surface area contributed by atoms with Crippen LogP contribution in [0.5, 0.6) is 11.5 Å². The summed E-state index contributed by atoms with van der Waals surface area (Å²) in [7, 11) is 1.41. The summed E-state index contributed by atoms with van der Waals surface area (Å²) in [4.78, 5) is 42.8. The Bertz CT molecular complexity index is 1300. The van der Waals surface area contributed by atoms with Gasteiger partial charge in [-0.15, -0.1) is 0 Å². The van der Waals surface area contributed by atoms with Crippen molar-refractivity contribution in [1.82, 2.24) is 0 Å². The van der Waals surface area contributed by atoms with Crippen LogP contribution in [0.25, 0.3) is 6.08 Å². The van der Waals surface area contributed by atoms with Crippen LogP contribution in [0.4, 0.5) is 16.2 Å². The number of hydrogen-bond donors (Lipinski definition) is 1. The molecule has 8 heteroatoms. The van der Waals surface area contributed by atoms with Gasteiger partial charge in [0.1, 0.15) is 5.57 Å². The molecule has 0 bridgehead atoms. The van der Waals surface area contributed by atoms with Crippen molar-refractivity contribution >= 4 is 57.9 Å². The van der Waals surface area contributed by atoms with Gasteiger partial charge >= 0.3 is 6.03 Å². The van der Waals surface area contributed by atoms with Crippen LogP contribution in [0.1, 0.15) is 16.7 Å². The molecule has 0 atom stereocenters. The SMILES string of the molecule is COc1cc(C=C2C(=O)N(c3ccccc3C)C(=O)N(c3ccccc3C)C2=O)cc(I)c1O. The maximum absolute atomic E-state index is 13.6. The van der Waals surface area contributed by atoms with Gasteiger partial charge < -0.3 is 9.84 Å². The fourth-order valence-corrected chi connectivity index (χ4v) is 4.41. The molecule has 7 nitrogen and oxygen atoms in total. The van der Waals surface area contributed by atoms with Crippen LogP contribution in [-0.4, -0.2) is 30.1 Å². The molecule has 0 unspecified atom stereocenters. The molecule has 4 rings (SSSR count). The molecule has 172 valence electrons. The highest BCUT2D eigenvalue weighted by atomic mass is 127. The summed E-state index contributed by atoms with van der Waals surface area (Å²) in [5, 5.41) is 10.2. The zero-order valence-corrected chi connectivity index (χ0v) is 20.9. The summed E-state index contributed by atoms with van der Waals surface area (Å²) in [5.41, 5.74) is 2.50. The van der Waals surface area contributed by atoms with Crippen molar-refractivity contribution < 1.29 is 24.2 Å². The Morgan fingerprint density at radius 3 is 1.82 bits per heavy atom. The van der Waals surface area contributed by atoms with Crippen LogP contribution in [0.3, 0.4) is 0 Å². The second-order valence-corrected chi connectivity index (χ2v) is 8.91. The Kier molecular flexibility index (Phi) is 6.43. The highest BCUT2D eigenvalue weighted by Gasteiger charge is 2.44. The number of methoxy groups -OCH3 is 1. The van der Waals surface area contributed by atoms with E-state index in [1.807, 2.05) is 34.7 Å². The average Bonchev–Trinajstić information content (AvgIpc) is 2.81. The van der Waals surface area contributed by atoms with Crippen LogP contribution in [0.15, 0.2) is 66.2 Å². The third kappa shape index (κ3) is 4.05. The molecule has 0 saturated carbocycles. The number of phenols is 1. The average molecular weight is 568 g/mol. The minimum absolute atomic E-state index is 0.0372. The lowest BCUT2D eigenvalue weighted by atomic mass is 10.0. The number of para-hydroxylation sites is 2. The highest BCUT2D eigenvalue weighted by molar-refractivity contribution is 14.1. The Morgan fingerprint density at radius 1 is 0.853 bits per heavy atom. The van der Waals surface area contributed by atoms with Gasteiger partial charge in [0.15, 0.2) is 11.5 Å². The van der Waals surface area contributed by atoms with Crippen molar-refractivity contribution in [1.29, 1.82) is 0 Å². The number of rotatable bonds is 4. The maximum Gasteiger partial charge on any atom is 0.343 e. The molecule has 1 aliphatic rings. The number of benzene rings is 3. The molecule has 3 aromatic carbocycles. The molecule has 1 saturated heterocycles. The lowest BCUT2D eigenvalue weighted by molar-refractivity contribution is -0.121. The van der Waals surface area contributed by atoms with Crippen molar-refractivity contribution in [3.63, 3.8) is 0 Å². The van der Waals surface area contributed by atoms with Crippen molar-refractivity contribution in [3.8, 4) is 11.5 Å². The minimum Gasteiger partial charge on any atom is -0.504 e.